The van der Waals surface area contributed by atoms with E-state index in [9.17, 15) is 0 Å². The maximum absolute atomic E-state index is 2.40. The topological polar surface area (TPSA) is 6.48 Å². The lowest BCUT2D eigenvalue weighted by Gasteiger charge is -2.29. The molecule has 60 heavy (non-hydrogen) atoms. The molecule has 10 aromatic carbocycles. The lowest BCUT2D eigenvalue weighted by atomic mass is 9.78. The van der Waals surface area contributed by atoms with Crippen molar-refractivity contribution in [3.63, 3.8) is 0 Å². The van der Waals surface area contributed by atoms with E-state index >= 15 is 0 Å². The minimum absolute atomic E-state index is 1.13. The van der Waals surface area contributed by atoms with Crippen molar-refractivity contribution in [1.29, 1.82) is 0 Å². The number of nitrogens with zero attached hydrogens (tertiary/aromatic N) is 2. The third-order valence-electron chi connectivity index (χ3n) is 12.2. The van der Waals surface area contributed by atoms with E-state index in [1.54, 1.807) is 0 Å². The molecule has 0 saturated heterocycles. The number of rotatable bonds is 8. The number of para-hydroxylation sites is 2. The second kappa shape index (κ2) is 14.6. The molecule has 0 radical (unpaired) electrons. The summed E-state index contributed by atoms with van der Waals surface area (Å²) in [5.41, 5.74) is 19.4. The quantitative estimate of drug-likeness (QED) is 0.152. The summed E-state index contributed by atoms with van der Waals surface area (Å²) in [5, 5.41) is 4.95. The Morgan fingerprint density at radius 2 is 0.600 bits per heavy atom. The Balaban J connectivity index is 0.979. The van der Waals surface area contributed by atoms with E-state index in [1.807, 2.05) is 0 Å². The minimum Gasteiger partial charge on any atom is -0.310 e. The summed E-state index contributed by atoms with van der Waals surface area (Å²) in [5.74, 6) is 0. The van der Waals surface area contributed by atoms with Crippen LogP contribution in [-0.2, 0) is 0 Å². The number of benzene rings is 10. The molecule has 0 bridgehead atoms. The van der Waals surface area contributed by atoms with Gasteiger partial charge in [-0.2, -0.15) is 0 Å². The molecule has 0 fully saturated rings. The Labute approximate surface area is 351 Å². The van der Waals surface area contributed by atoms with Gasteiger partial charge in [0, 0.05) is 34.1 Å². The van der Waals surface area contributed by atoms with Crippen LogP contribution < -0.4 is 9.80 Å². The highest BCUT2D eigenvalue weighted by atomic mass is 15.1. The molecule has 0 heterocycles. The van der Waals surface area contributed by atoms with Crippen LogP contribution in [0.4, 0.5) is 34.1 Å². The van der Waals surface area contributed by atoms with Crippen molar-refractivity contribution >= 4 is 55.7 Å². The fourth-order valence-electron chi connectivity index (χ4n) is 9.01. The smallest absolute Gasteiger partial charge is 0.0496 e. The van der Waals surface area contributed by atoms with Crippen molar-refractivity contribution in [2.24, 2.45) is 0 Å². The van der Waals surface area contributed by atoms with Crippen LogP contribution >= 0.6 is 0 Å². The summed E-state index contributed by atoms with van der Waals surface area (Å²) >= 11 is 0. The lowest BCUT2D eigenvalue weighted by Crippen LogP contribution is -2.11. The van der Waals surface area contributed by atoms with Crippen LogP contribution in [-0.4, -0.2) is 0 Å². The van der Waals surface area contributed by atoms with Crippen molar-refractivity contribution < 1.29 is 0 Å². The monoisotopic (exact) mass is 766 g/mol. The average molecular weight is 767 g/mol. The van der Waals surface area contributed by atoms with Crippen LogP contribution in [0.2, 0.25) is 0 Å². The first-order valence-corrected chi connectivity index (χ1v) is 20.7. The average Bonchev–Trinajstić information content (AvgIpc) is 3.30. The fourth-order valence-corrected chi connectivity index (χ4v) is 9.01. The molecule has 0 amide bonds. The van der Waals surface area contributed by atoms with Gasteiger partial charge in [0.2, 0.25) is 0 Å². The SMILES string of the molecule is Cc1ccc(-c2ccccc2)cc1N(c1ccccc1)c1ccc2cc3c(cc2c1)-c1cc2ccc(N(c4ccccc4)c4cc(-c5ccccc5)ccc4C)cc2cc1-3. The summed E-state index contributed by atoms with van der Waals surface area (Å²) < 4.78 is 0. The number of fused-ring (bicyclic) bond motifs is 6. The molecular formula is C58H42N2. The number of aryl methyl sites for hydroxylation is 2. The van der Waals surface area contributed by atoms with Crippen LogP contribution in [0.15, 0.2) is 218 Å². The normalized spacial score (nSPS) is 11.5. The van der Waals surface area contributed by atoms with Gasteiger partial charge in [-0.3, -0.25) is 0 Å². The molecule has 11 rings (SSSR count). The van der Waals surface area contributed by atoms with Crippen LogP contribution in [0.1, 0.15) is 11.1 Å². The first-order chi connectivity index (χ1) is 29.6. The van der Waals surface area contributed by atoms with E-state index < -0.39 is 0 Å². The molecule has 0 atom stereocenters. The molecule has 0 aliphatic heterocycles. The van der Waals surface area contributed by atoms with Gasteiger partial charge in [0.15, 0.2) is 0 Å². The Morgan fingerprint density at radius 1 is 0.250 bits per heavy atom. The Bertz CT molecular complexity index is 2970. The molecule has 0 N–H and O–H groups in total. The Hall–Kier alpha value is -7.68. The van der Waals surface area contributed by atoms with Gasteiger partial charge in [-0.05, 0) is 176 Å². The first-order valence-electron chi connectivity index (χ1n) is 20.7. The second-order valence-electron chi connectivity index (χ2n) is 15.9. The molecule has 0 spiro atoms. The van der Waals surface area contributed by atoms with E-state index in [0.717, 1.165) is 22.7 Å². The van der Waals surface area contributed by atoms with E-state index in [1.165, 1.54) is 88.6 Å². The molecule has 1 aliphatic carbocycles. The van der Waals surface area contributed by atoms with Gasteiger partial charge in [-0.15, -0.1) is 0 Å². The fraction of sp³-hybridized carbons (Fsp3) is 0.0345. The van der Waals surface area contributed by atoms with Gasteiger partial charge in [0.25, 0.3) is 0 Å². The van der Waals surface area contributed by atoms with Gasteiger partial charge in [-0.25, -0.2) is 0 Å². The van der Waals surface area contributed by atoms with E-state index in [0.29, 0.717) is 0 Å². The molecule has 10 aromatic rings. The van der Waals surface area contributed by atoms with Crippen molar-refractivity contribution in [1.82, 2.24) is 0 Å². The maximum Gasteiger partial charge on any atom is 0.0496 e. The van der Waals surface area contributed by atoms with E-state index in [4.69, 9.17) is 0 Å². The standard InChI is InChI=1S/C58H42N2/c1-39-23-25-45(41-15-7-3-8-16-41)37-57(39)59(49-19-11-5-12-20-49)51-29-27-43-33-53-55(35-47(43)31-51)54-34-44-28-30-52(32-48(44)36-56(53)54)60(50-21-13-6-14-22-50)58-38-46(26-24-40(58)2)42-17-9-4-10-18-42/h3-38H,1-2H3. The van der Waals surface area contributed by atoms with Crippen molar-refractivity contribution in [2.75, 3.05) is 9.80 Å². The maximum atomic E-state index is 2.40. The predicted molar refractivity (Wildman–Crippen MR) is 256 cm³/mol. The van der Waals surface area contributed by atoms with Crippen LogP contribution in [0.3, 0.4) is 0 Å². The number of hydrogen-bond acceptors (Lipinski definition) is 2. The van der Waals surface area contributed by atoms with Gasteiger partial charge in [-0.1, -0.05) is 133 Å². The van der Waals surface area contributed by atoms with Crippen molar-refractivity contribution in [3.8, 4) is 44.5 Å². The Kier molecular flexibility index (Phi) is 8.64. The zero-order valence-corrected chi connectivity index (χ0v) is 33.7. The summed E-state index contributed by atoms with van der Waals surface area (Å²) in [7, 11) is 0. The van der Waals surface area contributed by atoms with Gasteiger partial charge < -0.3 is 9.80 Å². The predicted octanol–water partition coefficient (Wildman–Crippen LogP) is 16.5. The zero-order chi connectivity index (χ0) is 40.2. The lowest BCUT2D eigenvalue weighted by molar-refractivity contribution is 1.25. The van der Waals surface area contributed by atoms with Crippen LogP contribution in [0.25, 0.3) is 66.1 Å². The van der Waals surface area contributed by atoms with E-state index in [-0.39, 0.29) is 0 Å². The van der Waals surface area contributed by atoms with Gasteiger partial charge >= 0.3 is 0 Å². The molecular weight excluding hydrogens is 725 g/mol. The largest absolute Gasteiger partial charge is 0.310 e. The highest BCUT2D eigenvalue weighted by Gasteiger charge is 2.25. The van der Waals surface area contributed by atoms with Crippen molar-refractivity contribution in [2.45, 2.75) is 13.8 Å². The molecule has 0 aromatic heterocycles. The molecule has 284 valence electrons. The molecule has 1 aliphatic rings. The third-order valence-corrected chi connectivity index (χ3v) is 12.2. The van der Waals surface area contributed by atoms with Gasteiger partial charge in [0.05, 0.1) is 0 Å². The molecule has 0 unspecified atom stereocenters. The molecule has 2 nitrogen and oxygen atoms in total. The minimum atomic E-state index is 1.13. The molecule has 2 heteroatoms. The highest BCUT2D eigenvalue weighted by Crippen LogP contribution is 2.52. The number of anilines is 6. The number of hydrogen-bond donors (Lipinski definition) is 0. The van der Waals surface area contributed by atoms with E-state index in [2.05, 4.69) is 242 Å². The molecule has 0 saturated carbocycles. The zero-order valence-electron chi connectivity index (χ0n) is 33.7. The first kappa shape index (κ1) is 35.5. The summed E-state index contributed by atoms with van der Waals surface area (Å²) in [6.07, 6.45) is 0. The second-order valence-corrected chi connectivity index (χ2v) is 15.9. The van der Waals surface area contributed by atoms with Crippen LogP contribution in [0, 0.1) is 13.8 Å². The van der Waals surface area contributed by atoms with Gasteiger partial charge in [0.1, 0.15) is 0 Å². The highest BCUT2D eigenvalue weighted by molar-refractivity contribution is 6.12. The Morgan fingerprint density at radius 3 is 0.983 bits per heavy atom. The summed E-state index contributed by atoms with van der Waals surface area (Å²) in [6, 6.07) is 79.7. The summed E-state index contributed by atoms with van der Waals surface area (Å²) in [4.78, 5) is 4.80. The third kappa shape index (κ3) is 6.22. The van der Waals surface area contributed by atoms with Crippen molar-refractivity contribution in [3.05, 3.63) is 230 Å². The summed E-state index contributed by atoms with van der Waals surface area (Å²) in [6.45, 7) is 4.41. The van der Waals surface area contributed by atoms with Crippen LogP contribution in [0.5, 0.6) is 0 Å².